The van der Waals surface area contributed by atoms with Gasteiger partial charge in [-0.25, -0.2) is 14.4 Å². The molecule has 1 heterocycles. The average Bonchev–Trinajstić information content (AvgIpc) is 3.48. The molecule has 156 valence electrons. The molecule has 0 aliphatic heterocycles. The Morgan fingerprint density at radius 1 is 1.17 bits per heavy atom. The number of rotatable bonds is 7. The molecule has 0 atom stereocenters. The summed E-state index contributed by atoms with van der Waals surface area (Å²) in [4.78, 5) is 11.4. The molecule has 29 heavy (non-hydrogen) atoms. The summed E-state index contributed by atoms with van der Waals surface area (Å²) in [7, 11) is 1.63. The van der Waals surface area contributed by atoms with E-state index in [0.717, 1.165) is 30.7 Å². The SMILES string of the molecule is CN=C(NCCNc1nccc(C(F)(F)F)n1)NCC1(c2cccc(F)c2)CC1. The molecule has 3 N–H and O–H groups in total. The first-order valence-electron chi connectivity index (χ1n) is 9.17. The van der Waals surface area contributed by atoms with Crippen LogP contribution in [-0.2, 0) is 11.6 Å². The van der Waals surface area contributed by atoms with Crippen molar-refractivity contribution in [2.45, 2.75) is 24.4 Å². The quantitative estimate of drug-likeness (QED) is 0.283. The largest absolute Gasteiger partial charge is 0.433 e. The first-order chi connectivity index (χ1) is 13.8. The van der Waals surface area contributed by atoms with Gasteiger partial charge in [-0.05, 0) is 36.6 Å². The molecule has 0 amide bonds. The van der Waals surface area contributed by atoms with Crippen molar-refractivity contribution in [1.29, 1.82) is 0 Å². The molecule has 0 saturated heterocycles. The number of benzene rings is 1. The highest BCUT2D eigenvalue weighted by atomic mass is 19.4. The zero-order chi connectivity index (χ0) is 20.9. The molecule has 1 aromatic carbocycles. The number of alkyl halides is 3. The third kappa shape index (κ3) is 5.55. The van der Waals surface area contributed by atoms with Crippen LogP contribution in [0.3, 0.4) is 0 Å². The smallest absolute Gasteiger partial charge is 0.356 e. The zero-order valence-corrected chi connectivity index (χ0v) is 15.9. The van der Waals surface area contributed by atoms with E-state index in [0.29, 0.717) is 25.6 Å². The molecule has 1 aromatic heterocycles. The second-order valence-corrected chi connectivity index (χ2v) is 6.83. The number of nitrogens with one attached hydrogen (secondary N) is 3. The number of guanidine groups is 1. The Labute approximate surface area is 165 Å². The minimum atomic E-state index is -4.51. The fourth-order valence-electron chi connectivity index (χ4n) is 2.97. The number of nitrogens with zero attached hydrogens (tertiary/aromatic N) is 3. The van der Waals surface area contributed by atoms with Crippen LogP contribution in [0.4, 0.5) is 23.5 Å². The van der Waals surface area contributed by atoms with Gasteiger partial charge in [0.25, 0.3) is 0 Å². The molecular weight excluding hydrogens is 388 g/mol. The van der Waals surface area contributed by atoms with E-state index in [2.05, 4.69) is 30.9 Å². The van der Waals surface area contributed by atoms with E-state index in [1.807, 2.05) is 6.07 Å². The molecule has 1 aliphatic carbocycles. The predicted octanol–water partition coefficient (Wildman–Crippen LogP) is 2.94. The summed E-state index contributed by atoms with van der Waals surface area (Å²) in [5.74, 6) is 0.214. The lowest BCUT2D eigenvalue weighted by molar-refractivity contribution is -0.141. The maximum atomic E-state index is 13.5. The van der Waals surface area contributed by atoms with Crippen LogP contribution in [0.25, 0.3) is 0 Å². The van der Waals surface area contributed by atoms with Crippen LogP contribution in [-0.4, -0.2) is 42.6 Å². The van der Waals surface area contributed by atoms with E-state index in [4.69, 9.17) is 0 Å². The molecule has 1 saturated carbocycles. The number of anilines is 1. The average molecular weight is 410 g/mol. The number of aromatic nitrogens is 2. The zero-order valence-electron chi connectivity index (χ0n) is 15.9. The Kier molecular flexibility index (Phi) is 6.19. The van der Waals surface area contributed by atoms with Crippen molar-refractivity contribution in [3.8, 4) is 0 Å². The van der Waals surface area contributed by atoms with Crippen LogP contribution < -0.4 is 16.0 Å². The molecule has 0 unspecified atom stereocenters. The molecule has 1 fully saturated rings. The van der Waals surface area contributed by atoms with Crippen LogP contribution in [0.15, 0.2) is 41.5 Å². The first-order valence-corrected chi connectivity index (χ1v) is 9.17. The third-order valence-corrected chi connectivity index (χ3v) is 4.75. The van der Waals surface area contributed by atoms with E-state index >= 15 is 0 Å². The normalized spacial score (nSPS) is 15.7. The van der Waals surface area contributed by atoms with Gasteiger partial charge in [0, 0.05) is 38.3 Å². The van der Waals surface area contributed by atoms with Gasteiger partial charge in [-0.1, -0.05) is 12.1 Å². The Morgan fingerprint density at radius 2 is 1.97 bits per heavy atom. The summed E-state index contributed by atoms with van der Waals surface area (Å²) in [5.41, 5.74) is -0.125. The molecule has 3 rings (SSSR count). The van der Waals surface area contributed by atoms with E-state index < -0.39 is 11.9 Å². The molecule has 0 radical (unpaired) electrons. The summed E-state index contributed by atoms with van der Waals surface area (Å²) >= 11 is 0. The van der Waals surface area contributed by atoms with Gasteiger partial charge in [-0.3, -0.25) is 4.99 Å². The van der Waals surface area contributed by atoms with Crippen molar-refractivity contribution in [3.63, 3.8) is 0 Å². The first kappa shape index (κ1) is 20.8. The lowest BCUT2D eigenvalue weighted by atomic mass is 9.96. The minimum absolute atomic E-state index is 0.0902. The minimum Gasteiger partial charge on any atom is -0.356 e. The summed E-state index contributed by atoms with van der Waals surface area (Å²) in [6.45, 7) is 1.31. The van der Waals surface area contributed by atoms with Crippen LogP contribution in [0, 0.1) is 5.82 Å². The van der Waals surface area contributed by atoms with Crippen molar-refractivity contribution in [2.75, 3.05) is 32.0 Å². The Morgan fingerprint density at radius 3 is 2.62 bits per heavy atom. The summed E-state index contributed by atoms with van der Waals surface area (Å²) < 4.78 is 51.5. The number of hydrogen-bond acceptors (Lipinski definition) is 4. The molecule has 0 spiro atoms. The maximum absolute atomic E-state index is 13.5. The van der Waals surface area contributed by atoms with Crippen LogP contribution in [0.5, 0.6) is 0 Å². The van der Waals surface area contributed by atoms with Crippen LogP contribution in [0.1, 0.15) is 24.1 Å². The predicted molar refractivity (Wildman–Crippen MR) is 102 cm³/mol. The van der Waals surface area contributed by atoms with Crippen molar-refractivity contribution in [1.82, 2.24) is 20.6 Å². The highest BCUT2D eigenvalue weighted by Crippen LogP contribution is 2.47. The molecule has 2 aromatic rings. The van der Waals surface area contributed by atoms with Gasteiger partial charge in [-0.15, -0.1) is 0 Å². The third-order valence-electron chi connectivity index (χ3n) is 4.75. The van der Waals surface area contributed by atoms with Gasteiger partial charge in [0.15, 0.2) is 5.96 Å². The standard InChI is InChI=1S/C19H22F4N6/c1-24-16(28-12-18(6-7-18)13-3-2-4-14(20)11-13)26-9-10-27-17-25-8-5-15(29-17)19(21,22)23/h2-5,8,11H,6-7,9-10,12H2,1H3,(H2,24,26,28)(H,25,27,29). The highest BCUT2D eigenvalue weighted by molar-refractivity contribution is 5.79. The van der Waals surface area contributed by atoms with Crippen molar-refractivity contribution in [3.05, 3.63) is 53.6 Å². The van der Waals surface area contributed by atoms with E-state index in [1.165, 1.54) is 6.07 Å². The van der Waals surface area contributed by atoms with E-state index in [9.17, 15) is 17.6 Å². The lowest BCUT2D eigenvalue weighted by Crippen LogP contribution is -2.42. The topological polar surface area (TPSA) is 74.2 Å². The van der Waals surface area contributed by atoms with Crippen LogP contribution in [0.2, 0.25) is 0 Å². The number of aliphatic imine (C=N–C) groups is 1. The summed E-state index contributed by atoms with van der Waals surface area (Å²) in [6.07, 6.45) is -1.51. The van der Waals surface area contributed by atoms with E-state index in [1.54, 1.807) is 19.2 Å². The Hall–Kier alpha value is -2.91. The molecule has 6 nitrogen and oxygen atoms in total. The van der Waals surface area contributed by atoms with Crippen LogP contribution >= 0.6 is 0 Å². The fraction of sp³-hybridized carbons (Fsp3) is 0.421. The Balaban J connectivity index is 1.45. The monoisotopic (exact) mass is 410 g/mol. The lowest BCUT2D eigenvalue weighted by Gasteiger charge is -2.19. The number of hydrogen-bond donors (Lipinski definition) is 3. The maximum Gasteiger partial charge on any atom is 0.433 e. The van der Waals surface area contributed by atoms with Gasteiger partial charge in [0.05, 0.1) is 0 Å². The van der Waals surface area contributed by atoms with Gasteiger partial charge >= 0.3 is 6.18 Å². The second-order valence-electron chi connectivity index (χ2n) is 6.83. The molecule has 1 aliphatic rings. The second kappa shape index (κ2) is 8.62. The Bertz CT molecular complexity index is 864. The summed E-state index contributed by atoms with van der Waals surface area (Å²) in [5, 5.41) is 9.04. The molecule has 10 heteroatoms. The van der Waals surface area contributed by atoms with Crippen molar-refractivity contribution in [2.24, 2.45) is 4.99 Å². The fourth-order valence-corrected chi connectivity index (χ4v) is 2.97. The molecule has 0 bridgehead atoms. The van der Waals surface area contributed by atoms with Crippen molar-refractivity contribution < 1.29 is 17.6 Å². The number of halogens is 4. The van der Waals surface area contributed by atoms with Crippen molar-refractivity contribution >= 4 is 11.9 Å². The van der Waals surface area contributed by atoms with Gasteiger partial charge in [-0.2, -0.15) is 13.2 Å². The molecular formula is C19H22F4N6. The van der Waals surface area contributed by atoms with Gasteiger partial charge in [0.2, 0.25) is 5.95 Å². The van der Waals surface area contributed by atoms with Gasteiger partial charge in [0.1, 0.15) is 11.5 Å². The summed E-state index contributed by atoms with van der Waals surface area (Å²) in [6, 6.07) is 7.44. The highest BCUT2D eigenvalue weighted by Gasteiger charge is 2.44. The van der Waals surface area contributed by atoms with Gasteiger partial charge < -0.3 is 16.0 Å². The van der Waals surface area contributed by atoms with E-state index in [-0.39, 0.29) is 17.2 Å².